The second-order valence-corrected chi connectivity index (χ2v) is 5.71. The van der Waals surface area contributed by atoms with Crippen LogP contribution in [-0.2, 0) is 16.0 Å². The van der Waals surface area contributed by atoms with Gasteiger partial charge in [-0.25, -0.2) is 4.79 Å². The molecule has 1 amide bonds. The molecular formula is C16H11Cl2NO3. The van der Waals surface area contributed by atoms with Gasteiger partial charge in [0.05, 0.1) is 16.3 Å². The number of carbonyl (C=O) groups is 2. The van der Waals surface area contributed by atoms with E-state index in [-0.39, 0.29) is 0 Å². The lowest BCUT2D eigenvalue weighted by Crippen LogP contribution is -2.38. The van der Waals surface area contributed by atoms with Crippen molar-refractivity contribution in [1.82, 2.24) is 0 Å². The first-order valence-electron chi connectivity index (χ1n) is 6.59. The van der Waals surface area contributed by atoms with Gasteiger partial charge in [0, 0.05) is 11.4 Å². The van der Waals surface area contributed by atoms with Gasteiger partial charge < -0.3 is 10.1 Å². The third-order valence-corrected chi connectivity index (χ3v) is 3.94. The minimum atomic E-state index is -0.891. The zero-order chi connectivity index (χ0) is 15.7. The molecule has 0 saturated carbocycles. The number of cyclic esters (lactones) is 1. The summed E-state index contributed by atoms with van der Waals surface area (Å²) in [5, 5.41) is 3.45. The first-order valence-corrected chi connectivity index (χ1v) is 7.35. The topological polar surface area (TPSA) is 55.4 Å². The van der Waals surface area contributed by atoms with E-state index in [4.69, 9.17) is 27.9 Å². The van der Waals surface area contributed by atoms with Crippen LogP contribution in [-0.4, -0.2) is 18.0 Å². The Balaban J connectivity index is 1.79. The number of amides is 1. The Hall–Kier alpha value is -2.04. The van der Waals surface area contributed by atoms with Gasteiger partial charge in [-0.05, 0) is 29.8 Å². The molecule has 1 atom stereocenters. The van der Waals surface area contributed by atoms with Crippen molar-refractivity contribution >= 4 is 40.8 Å². The Morgan fingerprint density at radius 1 is 1.18 bits per heavy atom. The molecular weight excluding hydrogens is 325 g/mol. The molecule has 0 radical (unpaired) electrons. The quantitative estimate of drug-likeness (QED) is 0.851. The van der Waals surface area contributed by atoms with Crippen LogP contribution >= 0.6 is 23.2 Å². The largest absolute Gasteiger partial charge is 0.448 e. The number of ether oxygens (including phenoxy) is 1. The van der Waals surface area contributed by atoms with Gasteiger partial charge in [-0.15, -0.1) is 0 Å². The lowest BCUT2D eigenvalue weighted by atomic mass is 9.98. The molecule has 2 aromatic carbocycles. The zero-order valence-corrected chi connectivity index (χ0v) is 12.8. The summed E-state index contributed by atoms with van der Waals surface area (Å²) in [6, 6.07) is 11.8. The van der Waals surface area contributed by atoms with Crippen LogP contribution < -0.4 is 5.32 Å². The van der Waals surface area contributed by atoms with Gasteiger partial charge in [0.1, 0.15) is 0 Å². The van der Waals surface area contributed by atoms with E-state index in [0.29, 0.717) is 27.7 Å². The van der Waals surface area contributed by atoms with Crippen LogP contribution in [0.3, 0.4) is 0 Å². The maximum absolute atomic E-state index is 12.3. The molecule has 0 spiro atoms. The van der Waals surface area contributed by atoms with Gasteiger partial charge in [-0.1, -0.05) is 41.4 Å². The lowest BCUT2D eigenvalue weighted by Gasteiger charge is -2.24. The third kappa shape index (κ3) is 2.93. The van der Waals surface area contributed by atoms with Crippen LogP contribution in [0.15, 0.2) is 42.5 Å². The zero-order valence-electron chi connectivity index (χ0n) is 11.3. The molecule has 0 aromatic heterocycles. The second-order valence-electron chi connectivity index (χ2n) is 4.87. The minimum absolute atomic E-state index is 0.325. The average molecular weight is 336 g/mol. The summed E-state index contributed by atoms with van der Waals surface area (Å²) >= 11 is 11.9. The average Bonchev–Trinajstić information content (AvgIpc) is 2.51. The highest BCUT2D eigenvalue weighted by Gasteiger charge is 2.31. The molecule has 1 heterocycles. The third-order valence-electron chi connectivity index (χ3n) is 3.37. The van der Waals surface area contributed by atoms with Crippen molar-refractivity contribution in [2.45, 2.75) is 12.5 Å². The number of rotatable bonds is 2. The number of hydrogen-bond acceptors (Lipinski definition) is 3. The van der Waals surface area contributed by atoms with Crippen LogP contribution in [0.2, 0.25) is 10.0 Å². The van der Waals surface area contributed by atoms with Gasteiger partial charge in [-0.2, -0.15) is 0 Å². The fraction of sp³-hybridized carbons (Fsp3) is 0.125. The summed E-state index contributed by atoms with van der Waals surface area (Å²) in [6.07, 6.45) is -0.566. The standard InChI is InChI=1S/C16H11Cl2NO3/c17-10-5-6-12(18)13(8-10)19-15(20)14-7-9-3-1-2-4-11(9)16(21)22-14/h1-6,8,14H,7H2,(H,19,20)/t14-/m0/s1. The Morgan fingerprint density at radius 3 is 2.77 bits per heavy atom. The van der Waals surface area contributed by atoms with Crippen molar-refractivity contribution in [3.8, 4) is 0 Å². The Bertz CT molecular complexity index is 761. The molecule has 22 heavy (non-hydrogen) atoms. The molecule has 1 aliphatic rings. The number of fused-ring (bicyclic) bond motifs is 1. The Morgan fingerprint density at radius 2 is 1.95 bits per heavy atom. The van der Waals surface area contributed by atoms with E-state index in [1.807, 2.05) is 12.1 Å². The number of hydrogen-bond donors (Lipinski definition) is 1. The molecule has 2 aromatic rings. The molecule has 0 unspecified atom stereocenters. The van der Waals surface area contributed by atoms with Crippen molar-refractivity contribution in [3.63, 3.8) is 0 Å². The second kappa shape index (κ2) is 5.99. The highest BCUT2D eigenvalue weighted by Crippen LogP contribution is 2.27. The Labute approximate surface area is 137 Å². The van der Waals surface area contributed by atoms with Crippen molar-refractivity contribution in [3.05, 3.63) is 63.6 Å². The number of nitrogens with one attached hydrogen (secondary N) is 1. The predicted octanol–water partition coefficient (Wildman–Crippen LogP) is 3.71. The first-order chi connectivity index (χ1) is 10.5. The lowest BCUT2D eigenvalue weighted by molar-refractivity contribution is -0.125. The SMILES string of the molecule is O=C1O[C@H](C(=O)Nc2cc(Cl)ccc2Cl)Cc2ccccc21. The van der Waals surface area contributed by atoms with Crippen LogP contribution in [0.25, 0.3) is 0 Å². The van der Waals surface area contributed by atoms with E-state index in [9.17, 15) is 9.59 Å². The minimum Gasteiger partial charge on any atom is -0.448 e. The summed E-state index contributed by atoms with van der Waals surface area (Å²) in [5.74, 6) is -0.939. The van der Waals surface area contributed by atoms with Crippen LogP contribution in [0.4, 0.5) is 5.69 Å². The Kier molecular flexibility index (Phi) is 4.05. The van der Waals surface area contributed by atoms with Gasteiger partial charge >= 0.3 is 5.97 Å². The molecule has 112 valence electrons. The molecule has 4 nitrogen and oxygen atoms in total. The summed E-state index contributed by atoms with van der Waals surface area (Å²) in [7, 11) is 0. The van der Waals surface area contributed by atoms with Crippen molar-refractivity contribution < 1.29 is 14.3 Å². The summed E-state index contributed by atoms with van der Waals surface area (Å²) in [6.45, 7) is 0. The monoisotopic (exact) mass is 335 g/mol. The predicted molar refractivity (Wildman–Crippen MR) is 84.4 cm³/mol. The van der Waals surface area contributed by atoms with E-state index in [1.54, 1.807) is 30.3 Å². The highest BCUT2D eigenvalue weighted by molar-refractivity contribution is 6.35. The fourth-order valence-corrected chi connectivity index (χ4v) is 2.62. The van der Waals surface area contributed by atoms with Crippen molar-refractivity contribution in [1.29, 1.82) is 0 Å². The molecule has 1 N–H and O–H groups in total. The summed E-state index contributed by atoms with van der Waals surface area (Å²) in [5.41, 5.74) is 1.66. The van der Waals surface area contributed by atoms with Crippen LogP contribution in [0.5, 0.6) is 0 Å². The van der Waals surface area contributed by atoms with E-state index >= 15 is 0 Å². The molecule has 1 aliphatic heterocycles. The van der Waals surface area contributed by atoms with Crippen molar-refractivity contribution in [2.75, 3.05) is 5.32 Å². The van der Waals surface area contributed by atoms with E-state index < -0.39 is 18.0 Å². The van der Waals surface area contributed by atoms with Gasteiger partial charge in [0.25, 0.3) is 5.91 Å². The molecule has 0 bridgehead atoms. The number of carbonyl (C=O) groups excluding carboxylic acids is 2. The van der Waals surface area contributed by atoms with Crippen LogP contribution in [0.1, 0.15) is 15.9 Å². The molecule has 0 aliphatic carbocycles. The number of esters is 1. The highest BCUT2D eigenvalue weighted by atomic mass is 35.5. The number of anilines is 1. The van der Waals surface area contributed by atoms with Gasteiger partial charge in [0.2, 0.25) is 0 Å². The number of benzene rings is 2. The van der Waals surface area contributed by atoms with Gasteiger partial charge in [-0.3, -0.25) is 4.79 Å². The van der Waals surface area contributed by atoms with E-state index in [1.165, 1.54) is 0 Å². The molecule has 3 rings (SSSR count). The van der Waals surface area contributed by atoms with Gasteiger partial charge in [0.15, 0.2) is 6.10 Å². The van der Waals surface area contributed by atoms with Crippen molar-refractivity contribution in [2.24, 2.45) is 0 Å². The molecule has 6 heteroatoms. The van der Waals surface area contributed by atoms with Crippen LogP contribution in [0, 0.1) is 0 Å². The van der Waals surface area contributed by atoms with E-state index in [2.05, 4.69) is 5.32 Å². The molecule has 0 fully saturated rings. The number of halogens is 2. The summed E-state index contributed by atoms with van der Waals surface area (Å²) in [4.78, 5) is 24.2. The normalized spacial score (nSPS) is 16.6. The summed E-state index contributed by atoms with van der Waals surface area (Å²) < 4.78 is 5.19. The fourth-order valence-electron chi connectivity index (χ4n) is 2.28. The maximum Gasteiger partial charge on any atom is 0.339 e. The first kappa shape index (κ1) is 14.9. The van der Waals surface area contributed by atoms with E-state index in [0.717, 1.165) is 5.56 Å². The maximum atomic E-state index is 12.3. The molecule has 0 saturated heterocycles. The smallest absolute Gasteiger partial charge is 0.339 e.